The Kier molecular flexibility index (Phi) is 32.0. The molecular formula is C96H126N2O4S3. The van der Waals surface area contributed by atoms with Gasteiger partial charge >= 0.3 is 0 Å². The molecule has 2 amide bonds. The fraction of sp³-hybridized carbons (Fsp3) is 0.521. The molecule has 0 radical (unpaired) electrons. The molecule has 2 atom stereocenters. The van der Waals surface area contributed by atoms with Crippen LogP contribution in [-0.4, -0.2) is 47.9 Å². The zero-order chi connectivity index (χ0) is 73.0. The van der Waals surface area contributed by atoms with Gasteiger partial charge in [0.1, 0.15) is 11.5 Å². The highest BCUT2D eigenvalue weighted by Gasteiger charge is 2.49. The number of unbranched alkanes of at least 4 members (excludes halogenated alkanes) is 26. The molecule has 2 unspecified atom stereocenters. The van der Waals surface area contributed by atoms with Gasteiger partial charge in [-0.2, -0.15) is 0 Å². The molecule has 11 rings (SSSR count). The first-order chi connectivity index (χ1) is 51.6. The lowest BCUT2D eigenvalue weighted by Crippen LogP contribution is -2.30. The Morgan fingerprint density at radius 1 is 0.343 bits per heavy atom. The second-order valence-corrected chi connectivity index (χ2v) is 34.7. The molecule has 0 aliphatic carbocycles. The first-order valence-corrected chi connectivity index (χ1v) is 44.6. The second-order valence-electron chi connectivity index (χ2n) is 31.3. The van der Waals surface area contributed by atoms with E-state index >= 15 is 9.59 Å². The molecule has 6 aromatic carbocycles. The van der Waals surface area contributed by atoms with Crippen molar-refractivity contribution in [2.75, 3.05) is 26.3 Å². The summed E-state index contributed by atoms with van der Waals surface area (Å²) < 4.78 is 15.8. The maximum Gasteiger partial charge on any atom is 0.261 e. The maximum atomic E-state index is 15.6. The molecule has 0 fully saturated rings. The Hall–Kier alpha value is -6.52. The van der Waals surface area contributed by atoms with Crippen molar-refractivity contribution in [1.29, 1.82) is 0 Å². The zero-order valence-corrected chi connectivity index (χ0v) is 67.8. The van der Waals surface area contributed by atoms with Crippen LogP contribution in [0, 0.1) is 25.7 Å². The van der Waals surface area contributed by atoms with E-state index in [4.69, 9.17) is 9.47 Å². The fourth-order valence-electron chi connectivity index (χ4n) is 16.5. The summed E-state index contributed by atoms with van der Waals surface area (Å²) in [5.74, 6) is 3.02. The van der Waals surface area contributed by atoms with E-state index in [0.29, 0.717) is 36.1 Å². The van der Waals surface area contributed by atoms with Gasteiger partial charge in [0.15, 0.2) is 0 Å². The average molecular weight is 1470 g/mol. The van der Waals surface area contributed by atoms with Crippen LogP contribution in [0.15, 0.2) is 145 Å². The van der Waals surface area contributed by atoms with Crippen molar-refractivity contribution in [2.45, 2.75) is 286 Å². The minimum atomic E-state index is -0.0595. The molecule has 0 bridgehead atoms. The van der Waals surface area contributed by atoms with E-state index in [-0.39, 0.29) is 11.8 Å². The minimum Gasteiger partial charge on any atom is -0.493 e. The van der Waals surface area contributed by atoms with Gasteiger partial charge in [-0.05, 0) is 183 Å². The normalized spacial score (nSPS) is 13.9. The Morgan fingerprint density at radius 2 is 0.724 bits per heavy atom. The van der Waals surface area contributed by atoms with Crippen molar-refractivity contribution < 1.29 is 19.1 Å². The number of carbonyl (C=O) groups is 2. The van der Waals surface area contributed by atoms with Crippen LogP contribution in [0.25, 0.3) is 63.6 Å². The lowest BCUT2D eigenvalue weighted by atomic mass is 9.94. The summed E-state index contributed by atoms with van der Waals surface area (Å²) in [6.07, 6.45) is 48.0. The first kappa shape index (κ1) is 79.5. The van der Waals surface area contributed by atoms with Crippen molar-refractivity contribution in [3.05, 3.63) is 176 Å². The number of nitrogens with zero attached hydrogens (tertiary/aromatic N) is 2. The number of hydrogen-bond donors (Lipinski definition) is 0. The Morgan fingerprint density at radius 3 is 1.15 bits per heavy atom. The number of benzene rings is 6. The molecule has 0 N–H and O–H groups in total. The van der Waals surface area contributed by atoms with Crippen molar-refractivity contribution >= 4 is 98.9 Å². The van der Waals surface area contributed by atoms with E-state index in [1.54, 1.807) is 22.7 Å². The zero-order valence-electron chi connectivity index (χ0n) is 65.3. The number of aryl methyl sites for hydroxylation is 4. The van der Waals surface area contributed by atoms with Crippen molar-refractivity contribution in [1.82, 2.24) is 9.80 Å². The highest BCUT2D eigenvalue weighted by molar-refractivity contribution is 7.27. The highest BCUT2D eigenvalue weighted by atomic mass is 32.1. The maximum absolute atomic E-state index is 15.6. The summed E-state index contributed by atoms with van der Waals surface area (Å²) in [7, 11) is 0. The van der Waals surface area contributed by atoms with Gasteiger partial charge in [-0.15, -0.1) is 34.0 Å². The summed E-state index contributed by atoms with van der Waals surface area (Å²) in [5, 5.41) is 7.67. The summed E-state index contributed by atoms with van der Waals surface area (Å²) in [6, 6.07) is 49.2. The van der Waals surface area contributed by atoms with Crippen LogP contribution in [0.4, 0.5) is 0 Å². The number of fused-ring (bicyclic) bond motifs is 8. The van der Waals surface area contributed by atoms with Crippen LogP contribution in [-0.2, 0) is 22.4 Å². The number of hydrogen-bond acceptors (Lipinski definition) is 7. The molecule has 105 heavy (non-hydrogen) atoms. The Labute approximate surface area is 644 Å². The third-order valence-electron chi connectivity index (χ3n) is 22.7. The van der Waals surface area contributed by atoms with Gasteiger partial charge in [0.05, 0.1) is 45.5 Å². The molecule has 9 aromatic rings. The second kappa shape index (κ2) is 42.3. The lowest BCUT2D eigenvalue weighted by Gasteiger charge is -2.24. The van der Waals surface area contributed by atoms with E-state index in [2.05, 4.69) is 175 Å². The summed E-state index contributed by atoms with van der Waals surface area (Å²) in [5.41, 5.74) is 7.65. The van der Waals surface area contributed by atoms with Gasteiger partial charge in [0, 0.05) is 43.0 Å². The van der Waals surface area contributed by atoms with Gasteiger partial charge < -0.3 is 19.3 Å². The monoisotopic (exact) mass is 1470 g/mol. The quantitative estimate of drug-likeness (QED) is 0.0357. The van der Waals surface area contributed by atoms with Crippen LogP contribution in [0.1, 0.15) is 290 Å². The highest BCUT2D eigenvalue weighted by Crippen LogP contribution is 2.50. The molecule has 5 heterocycles. The summed E-state index contributed by atoms with van der Waals surface area (Å²) in [6.45, 7) is 16.1. The number of rotatable bonds is 51. The third-order valence-corrected chi connectivity index (χ3v) is 26.2. The number of ether oxygens (including phenoxy) is 2. The van der Waals surface area contributed by atoms with E-state index in [1.165, 1.54) is 264 Å². The predicted molar refractivity (Wildman–Crippen MR) is 456 cm³/mol. The standard InChI is InChI=1S/C96H126N2O4S3/c1-7-11-15-19-23-25-29-33-43-75(41-31-27-21-17-13-9-3)69-101-80-54-47-73(48-55-80)39-35-37-65-97-91(87-62-46-72(6)103-87)89-90(96(97)100)92(88-64-63-86(104-88)79-53-59-83-78(68-79)52-61-85-84-60-51-77-67-71(5)45-58-82(77)93(84)105-94(83)85)98(95(89)99)66-38-36-40-74-49-56-81(57-50-74)102-70-76(42-32-28-22-18-14-10-4)44-34-30-26-24-20-16-12-8-2/h45-64,67-68,75-76H,7-44,65-66,69-70H2,1-6H3. The van der Waals surface area contributed by atoms with E-state index in [9.17, 15) is 0 Å². The predicted octanol–water partition coefficient (Wildman–Crippen LogP) is 29.2. The molecule has 2 aliphatic heterocycles. The van der Waals surface area contributed by atoms with Gasteiger partial charge in [-0.25, -0.2) is 0 Å². The van der Waals surface area contributed by atoms with Crippen LogP contribution in [0.3, 0.4) is 0 Å². The van der Waals surface area contributed by atoms with Crippen molar-refractivity contribution in [2.24, 2.45) is 11.8 Å². The molecule has 0 saturated carbocycles. The molecule has 562 valence electrons. The number of carbonyl (C=O) groups excluding carboxylic acids is 2. The number of thiophene rings is 3. The van der Waals surface area contributed by atoms with Crippen LogP contribution < -0.4 is 9.47 Å². The molecule has 9 heteroatoms. The van der Waals surface area contributed by atoms with Gasteiger partial charge in [-0.1, -0.05) is 292 Å². The molecule has 2 aliphatic rings. The third kappa shape index (κ3) is 22.3. The molecule has 0 spiro atoms. The van der Waals surface area contributed by atoms with Crippen molar-refractivity contribution in [3.8, 4) is 21.9 Å². The van der Waals surface area contributed by atoms with Crippen LogP contribution in [0.5, 0.6) is 11.5 Å². The fourth-order valence-corrected chi connectivity index (χ4v) is 19.8. The molecule has 3 aromatic heterocycles. The molecule has 0 saturated heterocycles. The first-order valence-electron chi connectivity index (χ1n) is 42.1. The Balaban J connectivity index is 0.773. The van der Waals surface area contributed by atoms with E-state index in [1.807, 2.05) is 21.1 Å². The van der Waals surface area contributed by atoms with Crippen molar-refractivity contribution in [3.63, 3.8) is 0 Å². The van der Waals surface area contributed by atoms with E-state index in [0.717, 1.165) is 99.7 Å². The van der Waals surface area contributed by atoms with Gasteiger partial charge in [0.2, 0.25) is 0 Å². The van der Waals surface area contributed by atoms with E-state index < -0.39 is 0 Å². The largest absolute Gasteiger partial charge is 0.493 e. The van der Waals surface area contributed by atoms with Gasteiger partial charge in [0.25, 0.3) is 11.8 Å². The topological polar surface area (TPSA) is 59.1 Å². The average Bonchev–Trinajstić information content (AvgIpc) is 1.54. The molecule has 6 nitrogen and oxygen atoms in total. The summed E-state index contributed by atoms with van der Waals surface area (Å²) >= 11 is 5.27. The molecular weight excluding hydrogens is 1340 g/mol. The summed E-state index contributed by atoms with van der Waals surface area (Å²) in [4.78, 5) is 39.4. The van der Waals surface area contributed by atoms with Crippen LogP contribution in [0.2, 0.25) is 0 Å². The smallest absolute Gasteiger partial charge is 0.261 e. The van der Waals surface area contributed by atoms with Gasteiger partial charge in [-0.3, -0.25) is 9.59 Å². The minimum absolute atomic E-state index is 0.0595. The SMILES string of the molecule is CCCCCCCCCCC(CCCCCCCC)COc1ccc(CCCCN2C(=O)C3=C(c4ccc(-c5ccc6c(ccc7c8ccc9cc(C)ccc9c8sc67)c5)s4)N(CCCCc4ccc(OCC(CCCCCCCC)CCCCCCCCCC)cc4)C(=O)C3=C2c2ccc(C)s2)cc1. The van der Waals surface area contributed by atoms with Crippen LogP contribution >= 0.6 is 34.0 Å². The Bertz CT molecular complexity index is 4220. The lowest BCUT2D eigenvalue weighted by molar-refractivity contribution is -0.124. The number of amides is 2.